The minimum atomic E-state index is -2.71. The Balaban J connectivity index is 3.17. The Morgan fingerprint density at radius 1 is 1.67 bits per heavy atom. The molecule has 1 aromatic heterocycles. The van der Waals surface area contributed by atoms with Crippen molar-refractivity contribution in [1.82, 2.24) is 0 Å². The van der Waals surface area contributed by atoms with Crippen LogP contribution in [0.3, 0.4) is 0 Å². The van der Waals surface area contributed by atoms with Gasteiger partial charge in [-0.15, -0.1) is 11.3 Å². The van der Waals surface area contributed by atoms with E-state index in [1.54, 1.807) is 6.92 Å². The average molecular weight is 192 g/mol. The molecular formula is C7H6F2O2S. The van der Waals surface area contributed by atoms with Crippen molar-refractivity contribution in [1.29, 1.82) is 0 Å². The number of thiophene rings is 1. The molecule has 0 radical (unpaired) electrons. The Labute approximate surface area is 71.5 Å². The molecule has 2 nitrogen and oxygen atoms in total. The second-order valence-electron chi connectivity index (χ2n) is 2.25. The van der Waals surface area contributed by atoms with E-state index in [1.807, 2.05) is 0 Å². The van der Waals surface area contributed by atoms with E-state index in [4.69, 9.17) is 5.11 Å². The molecule has 0 saturated heterocycles. The standard InChI is InChI=1S/C7H6F2O2S/c1-3-2-4(6(8)9)5(12-3)7(10)11/h2,6H,1H3,(H,10,11). The molecule has 0 amide bonds. The first-order chi connectivity index (χ1) is 5.52. The average Bonchev–Trinajstić information content (AvgIpc) is 2.31. The van der Waals surface area contributed by atoms with Crippen LogP contribution < -0.4 is 0 Å². The van der Waals surface area contributed by atoms with Crippen LogP contribution >= 0.6 is 11.3 Å². The lowest BCUT2D eigenvalue weighted by Crippen LogP contribution is -1.97. The molecule has 0 aliphatic rings. The third-order valence-electron chi connectivity index (χ3n) is 1.31. The topological polar surface area (TPSA) is 37.3 Å². The smallest absolute Gasteiger partial charge is 0.346 e. The van der Waals surface area contributed by atoms with Gasteiger partial charge in [0.15, 0.2) is 0 Å². The molecular weight excluding hydrogens is 186 g/mol. The van der Waals surface area contributed by atoms with Crippen LogP contribution in [0.4, 0.5) is 8.78 Å². The van der Waals surface area contributed by atoms with Crippen molar-refractivity contribution in [3.05, 3.63) is 21.4 Å². The van der Waals surface area contributed by atoms with Crippen LogP contribution in [-0.2, 0) is 0 Å². The van der Waals surface area contributed by atoms with Crippen molar-refractivity contribution in [2.75, 3.05) is 0 Å². The van der Waals surface area contributed by atoms with Gasteiger partial charge in [-0.05, 0) is 13.0 Å². The first kappa shape index (κ1) is 9.12. The number of hydrogen-bond acceptors (Lipinski definition) is 2. The number of hydrogen-bond donors (Lipinski definition) is 1. The highest BCUT2D eigenvalue weighted by molar-refractivity contribution is 7.14. The van der Waals surface area contributed by atoms with Gasteiger partial charge in [-0.2, -0.15) is 0 Å². The Hall–Kier alpha value is -0.970. The van der Waals surface area contributed by atoms with Crippen molar-refractivity contribution in [3.8, 4) is 0 Å². The van der Waals surface area contributed by atoms with Crippen molar-refractivity contribution in [2.24, 2.45) is 0 Å². The minimum Gasteiger partial charge on any atom is -0.477 e. The van der Waals surface area contributed by atoms with Crippen LogP contribution in [-0.4, -0.2) is 11.1 Å². The van der Waals surface area contributed by atoms with Gasteiger partial charge in [-0.1, -0.05) is 0 Å². The summed E-state index contributed by atoms with van der Waals surface area (Å²) >= 11 is 0.871. The molecule has 0 aliphatic carbocycles. The molecule has 0 unspecified atom stereocenters. The second kappa shape index (κ2) is 3.18. The number of carbonyl (C=O) groups is 1. The zero-order valence-electron chi connectivity index (χ0n) is 6.17. The summed E-state index contributed by atoms with van der Waals surface area (Å²) in [6.45, 7) is 1.60. The summed E-state index contributed by atoms with van der Waals surface area (Å²) < 4.78 is 24.3. The molecule has 0 bridgehead atoms. The molecule has 5 heteroatoms. The SMILES string of the molecule is Cc1cc(C(F)F)c(C(=O)O)s1. The maximum Gasteiger partial charge on any atom is 0.346 e. The monoisotopic (exact) mass is 192 g/mol. The molecule has 0 spiro atoms. The van der Waals surface area contributed by atoms with Gasteiger partial charge < -0.3 is 5.11 Å². The van der Waals surface area contributed by atoms with Gasteiger partial charge in [-0.3, -0.25) is 0 Å². The number of carboxylic acids is 1. The maximum absolute atomic E-state index is 12.1. The van der Waals surface area contributed by atoms with Gasteiger partial charge in [0.25, 0.3) is 6.43 Å². The van der Waals surface area contributed by atoms with Gasteiger partial charge >= 0.3 is 5.97 Å². The molecule has 1 rings (SSSR count). The van der Waals surface area contributed by atoms with Crippen LogP contribution in [0.2, 0.25) is 0 Å². The van der Waals surface area contributed by atoms with Crippen LogP contribution in [0.5, 0.6) is 0 Å². The van der Waals surface area contributed by atoms with Crippen molar-refractivity contribution in [3.63, 3.8) is 0 Å². The molecule has 1 aromatic rings. The fourth-order valence-electron chi connectivity index (χ4n) is 0.863. The predicted octanol–water partition coefficient (Wildman–Crippen LogP) is 2.69. The van der Waals surface area contributed by atoms with Crippen molar-refractivity contribution < 1.29 is 18.7 Å². The lowest BCUT2D eigenvalue weighted by molar-refractivity contribution is 0.0691. The first-order valence-corrected chi connectivity index (χ1v) is 3.95. The van der Waals surface area contributed by atoms with E-state index in [0.717, 1.165) is 11.3 Å². The quantitative estimate of drug-likeness (QED) is 0.782. The van der Waals surface area contributed by atoms with Crippen LogP contribution in [0.25, 0.3) is 0 Å². The highest BCUT2D eigenvalue weighted by Gasteiger charge is 2.20. The van der Waals surface area contributed by atoms with E-state index in [2.05, 4.69) is 0 Å². The molecule has 0 aliphatic heterocycles. The number of aryl methyl sites for hydroxylation is 1. The Kier molecular flexibility index (Phi) is 2.42. The predicted molar refractivity (Wildman–Crippen MR) is 41.0 cm³/mol. The van der Waals surface area contributed by atoms with Crippen LogP contribution in [0.15, 0.2) is 6.07 Å². The molecule has 0 atom stereocenters. The fraction of sp³-hybridized carbons (Fsp3) is 0.286. The van der Waals surface area contributed by atoms with Crippen molar-refractivity contribution >= 4 is 17.3 Å². The van der Waals surface area contributed by atoms with E-state index in [9.17, 15) is 13.6 Å². The van der Waals surface area contributed by atoms with E-state index in [-0.39, 0.29) is 10.4 Å². The highest BCUT2D eigenvalue weighted by Crippen LogP contribution is 2.29. The number of halogens is 2. The lowest BCUT2D eigenvalue weighted by Gasteiger charge is -1.95. The number of carboxylic acid groups (broad SMARTS) is 1. The molecule has 0 fully saturated rings. The zero-order valence-corrected chi connectivity index (χ0v) is 6.99. The normalized spacial score (nSPS) is 10.7. The molecule has 12 heavy (non-hydrogen) atoms. The maximum atomic E-state index is 12.1. The summed E-state index contributed by atoms with van der Waals surface area (Å²) in [5.74, 6) is -1.29. The lowest BCUT2D eigenvalue weighted by atomic mass is 10.2. The van der Waals surface area contributed by atoms with E-state index >= 15 is 0 Å². The van der Waals surface area contributed by atoms with Gasteiger partial charge in [0.05, 0.1) is 0 Å². The van der Waals surface area contributed by atoms with Gasteiger partial charge in [0, 0.05) is 10.4 Å². The van der Waals surface area contributed by atoms with E-state index in [0.29, 0.717) is 4.88 Å². The largest absolute Gasteiger partial charge is 0.477 e. The summed E-state index contributed by atoms with van der Waals surface area (Å²) in [6.07, 6.45) is -2.71. The summed E-state index contributed by atoms with van der Waals surface area (Å²) in [7, 11) is 0. The molecule has 0 saturated carbocycles. The van der Waals surface area contributed by atoms with Gasteiger partial charge in [0.1, 0.15) is 4.88 Å². The third-order valence-corrected chi connectivity index (χ3v) is 2.37. The summed E-state index contributed by atoms with van der Waals surface area (Å²) in [5.41, 5.74) is -0.384. The van der Waals surface area contributed by atoms with Gasteiger partial charge in [-0.25, -0.2) is 13.6 Å². The van der Waals surface area contributed by atoms with Crippen molar-refractivity contribution in [2.45, 2.75) is 13.3 Å². The summed E-state index contributed by atoms with van der Waals surface area (Å²) in [5, 5.41) is 8.50. The van der Waals surface area contributed by atoms with Gasteiger partial charge in [0.2, 0.25) is 0 Å². The van der Waals surface area contributed by atoms with Crippen LogP contribution in [0.1, 0.15) is 26.5 Å². The second-order valence-corrected chi connectivity index (χ2v) is 3.50. The fourth-order valence-corrected chi connectivity index (χ4v) is 1.72. The Morgan fingerprint density at radius 2 is 2.25 bits per heavy atom. The molecule has 1 heterocycles. The number of alkyl halides is 2. The number of rotatable bonds is 2. The molecule has 1 N–H and O–H groups in total. The summed E-state index contributed by atoms with van der Waals surface area (Å²) in [4.78, 5) is 10.7. The van der Waals surface area contributed by atoms with E-state index in [1.165, 1.54) is 6.07 Å². The van der Waals surface area contributed by atoms with E-state index < -0.39 is 12.4 Å². The minimum absolute atomic E-state index is 0.262. The first-order valence-electron chi connectivity index (χ1n) is 3.14. The highest BCUT2D eigenvalue weighted by atomic mass is 32.1. The zero-order chi connectivity index (χ0) is 9.30. The molecule has 0 aromatic carbocycles. The summed E-state index contributed by atoms with van der Waals surface area (Å²) in [6, 6.07) is 1.21. The Bertz CT molecular complexity index is 306. The molecule has 66 valence electrons. The van der Waals surface area contributed by atoms with Crippen LogP contribution in [0, 0.1) is 6.92 Å². The third kappa shape index (κ3) is 1.61. The number of aromatic carboxylic acids is 1. The Morgan fingerprint density at radius 3 is 2.58 bits per heavy atom.